The Bertz CT molecular complexity index is 1260. The molecule has 0 N–H and O–H groups in total. The maximum absolute atomic E-state index is 6.19. The van der Waals surface area contributed by atoms with E-state index < -0.39 is 0 Å². The molecular weight excluding hydrogens is 424 g/mol. The largest absolute Gasteiger partial charge is 0.494 e. The summed E-state index contributed by atoms with van der Waals surface area (Å²) in [6, 6.07) is 17.2. The minimum Gasteiger partial charge on any atom is -0.494 e. The Balaban J connectivity index is 1.24. The van der Waals surface area contributed by atoms with Crippen LogP contribution in [-0.4, -0.2) is 54.1 Å². The van der Waals surface area contributed by atoms with E-state index in [-0.39, 0.29) is 0 Å². The molecule has 1 fully saturated rings. The first-order valence-corrected chi connectivity index (χ1v) is 12.4. The van der Waals surface area contributed by atoms with E-state index in [0.717, 1.165) is 70.3 Å². The van der Waals surface area contributed by atoms with Crippen molar-refractivity contribution in [2.24, 2.45) is 0 Å². The van der Waals surface area contributed by atoms with Crippen LogP contribution in [-0.2, 0) is 17.7 Å². The second-order valence-electron chi connectivity index (χ2n) is 9.15. The molecule has 0 radical (unpaired) electrons. The van der Waals surface area contributed by atoms with Crippen molar-refractivity contribution < 1.29 is 14.0 Å². The van der Waals surface area contributed by atoms with Crippen LogP contribution in [0.2, 0.25) is 0 Å². The van der Waals surface area contributed by atoms with Gasteiger partial charge in [0.05, 0.1) is 36.5 Å². The van der Waals surface area contributed by atoms with Crippen molar-refractivity contribution in [1.82, 2.24) is 14.7 Å². The quantitative estimate of drug-likeness (QED) is 0.312. The Morgan fingerprint density at radius 2 is 1.91 bits per heavy atom. The van der Waals surface area contributed by atoms with E-state index in [0.29, 0.717) is 0 Å². The van der Waals surface area contributed by atoms with Gasteiger partial charge in [-0.2, -0.15) is 5.10 Å². The highest BCUT2D eigenvalue weighted by molar-refractivity contribution is 5.97. The van der Waals surface area contributed by atoms with Gasteiger partial charge in [0, 0.05) is 50.3 Å². The summed E-state index contributed by atoms with van der Waals surface area (Å²) in [6.07, 6.45) is 9.46. The number of aryl methyl sites for hydroxylation is 2. The molecule has 2 aromatic carbocycles. The van der Waals surface area contributed by atoms with E-state index in [1.807, 2.05) is 16.9 Å². The Labute approximate surface area is 200 Å². The molecule has 2 aliphatic rings. The molecule has 0 spiro atoms. The topological polar surface area (TPSA) is 43.4 Å². The average molecular weight is 456 g/mol. The monoisotopic (exact) mass is 455 g/mol. The lowest BCUT2D eigenvalue weighted by Gasteiger charge is -2.26. The molecule has 4 aromatic rings. The predicted molar refractivity (Wildman–Crippen MR) is 132 cm³/mol. The molecule has 0 bridgehead atoms. The Kier molecular flexibility index (Phi) is 6.00. The lowest BCUT2D eigenvalue weighted by atomic mass is 9.98. The molecule has 6 rings (SSSR count). The van der Waals surface area contributed by atoms with Crippen molar-refractivity contribution in [3.8, 4) is 22.6 Å². The zero-order valence-corrected chi connectivity index (χ0v) is 19.5. The van der Waals surface area contributed by atoms with Crippen molar-refractivity contribution in [3.05, 3.63) is 72.8 Å². The second-order valence-corrected chi connectivity index (χ2v) is 9.15. The van der Waals surface area contributed by atoms with E-state index in [1.54, 1.807) is 6.20 Å². The maximum atomic E-state index is 6.19. The highest BCUT2D eigenvalue weighted by atomic mass is 16.5. The molecule has 0 unspecified atom stereocenters. The Morgan fingerprint density at radius 3 is 2.74 bits per heavy atom. The van der Waals surface area contributed by atoms with Crippen LogP contribution in [0.4, 0.5) is 0 Å². The van der Waals surface area contributed by atoms with Crippen molar-refractivity contribution >= 4 is 10.8 Å². The summed E-state index contributed by atoms with van der Waals surface area (Å²) in [5.74, 6) is 0.968. The smallest absolute Gasteiger partial charge is 0.189 e. The summed E-state index contributed by atoms with van der Waals surface area (Å²) in [5.41, 5.74) is 4.99. The molecule has 174 valence electrons. The molecule has 34 heavy (non-hydrogen) atoms. The first-order chi connectivity index (χ1) is 16.8. The van der Waals surface area contributed by atoms with Gasteiger partial charge in [0.2, 0.25) is 0 Å². The van der Waals surface area contributed by atoms with Crippen molar-refractivity contribution in [2.75, 3.05) is 39.5 Å². The number of hydrogen-bond acceptors (Lipinski definition) is 4. The van der Waals surface area contributed by atoms with E-state index in [9.17, 15) is 0 Å². The van der Waals surface area contributed by atoms with Crippen LogP contribution in [0.5, 0.6) is 5.75 Å². The third-order valence-electron chi connectivity index (χ3n) is 6.97. The summed E-state index contributed by atoms with van der Waals surface area (Å²) in [5, 5.41) is 6.95. The summed E-state index contributed by atoms with van der Waals surface area (Å²) >= 11 is 0. The number of fused-ring (bicyclic) bond motifs is 3. The van der Waals surface area contributed by atoms with Gasteiger partial charge in [0.1, 0.15) is 12.3 Å². The number of benzene rings is 2. The van der Waals surface area contributed by atoms with E-state index in [2.05, 4.69) is 63.2 Å². The first kappa shape index (κ1) is 21.3. The number of nitrogens with zero attached hydrogens (tertiary/aromatic N) is 4. The summed E-state index contributed by atoms with van der Waals surface area (Å²) < 4.78 is 16.0. The molecule has 2 aromatic heterocycles. The van der Waals surface area contributed by atoms with Crippen molar-refractivity contribution in [3.63, 3.8) is 0 Å². The van der Waals surface area contributed by atoms with Crippen molar-refractivity contribution in [2.45, 2.75) is 25.8 Å². The van der Waals surface area contributed by atoms with E-state index >= 15 is 0 Å². The second kappa shape index (κ2) is 9.57. The number of pyridine rings is 1. The van der Waals surface area contributed by atoms with Crippen LogP contribution in [0, 0.1) is 0 Å². The molecule has 0 atom stereocenters. The number of ether oxygens (including phenoxy) is 2. The number of morpholine rings is 1. The first-order valence-electron chi connectivity index (χ1n) is 12.4. The standard InChI is InChI=1S/C28H31N4O2/c1-4-28-26-20-24(34-17-3-12-30-15-18-33-19-16-30)9-10-25(26)27(21-31(28)13-1)22-5-7-23(8-6-22)32-14-2-11-29-32/h2,5-11,14,20-21H,1,3-4,12-13,15-19H2/q+1. The fourth-order valence-corrected chi connectivity index (χ4v) is 5.19. The lowest BCUT2D eigenvalue weighted by molar-refractivity contribution is -0.688. The minimum absolute atomic E-state index is 0.743. The number of hydrogen-bond donors (Lipinski definition) is 0. The fourth-order valence-electron chi connectivity index (χ4n) is 5.19. The van der Waals surface area contributed by atoms with Gasteiger partial charge in [-0.25, -0.2) is 9.25 Å². The molecule has 0 amide bonds. The van der Waals surface area contributed by atoms with Gasteiger partial charge >= 0.3 is 0 Å². The Morgan fingerprint density at radius 1 is 1.03 bits per heavy atom. The predicted octanol–water partition coefficient (Wildman–Crippen LogP) is 4.03. The zero-order valence-electron chi connectivity index (χ0n) is 19.5. The SMILES string of the molecule is c1cnn(-c2ccc(-c3c[n+]4c(c5cc(OCCCN6CCOCC6)ccc35)CCC4)cc2)c1. The summed E-state index contributed by atoms with van der Waals surface area (Å²) in [6.45, 7) is 6.66. The van der Waals surface area contributed by atoms with Gasteiger partial charge in [-0.15, -0.1) is 0 Å². The molecule has 0 saturated carbocycles. The van der Waals surface area contributed by atoms with Crippen LogP contribution in [0.1, 0.15) is 18.5 Å². The lowest BCUT2D eigenvalue weighted by Crippen LogP contribution is -2.37. The van der Waals surface area contributed by atoms with Gasteiger partial charge in [-0.3, -0.25) is 4.90 Å². The van der Waals surface area contributed by atoms with Gasteiger partial charge in [-0.1, -0.05) is 12.1 Å². The molecule has 0 aliphatic carbocycles. The van der Waals surface area contributed by atoms with Crippen molar-refractivity contribution in [1.29, 1.82) is 0 Å². The van der Waals surface area contributed by atoms with Crippen LogP contribution >= 0.6 is 0 Å². The van der Waals surface area contributed by atoms with Gasteiger partial charge < -0.3 is 9.47 Å². The molecule has 4 heterocycles. The molecule has 6 heteroatoms. The van der Waals surface area contributed by atoms with Crippen LogP contribution < -0.4 is 9.30 Å². The fraction of sp³-hybridized carbons (Fsp3) is 0.357. The van der Waals surface area contributed by atoms with Crippen LogP contribution in [0.25, 0.3) is 27.6 Å². The zero-order chi connectivity index (χ0) is 22.7. The van der Waals surface area contributed by atoms with Crippen LogP contribution in [0.3, 0.4) is 0 Å². The number of aromatic nitrogens is 3. The highest BCUT2D eigenvalue weighted by Crippen LogP contribution is 2.33. The minimum atomic E-state index is 0.743. The Hall–Kier alpha value is -3.22. The summed E-state index contributed by atoms with van der Waals surface area (Å²) in [7, 11) is 0. The van der Waals surface area contributed by atoms with E-state index in [1.165, 1.54) is 34.0 Å². The highest BCUT2D eigenvalue weighted by Gasteiger charge is 2.25. The maximum Gasteiger partial charge on any atom is 0.189 e. The normalized spacial score (nSPS) is 16.1. The average Bonchev–Trinajstić information content (AvgIpc) is 3.59. The molecular formula is C28H31N4O2+. The summed E-state index contributed by atoms with van der Waals surface area (Å²) in [4.78, 5) is 2.46. The third kappa shape index (κ3) is 4.31. The molecule has 6 nitrogen and oxygen atoms in total. The van der Waals surface area contributed by atoms with Gasteiger partial charge in [-0.05, 0) is 48.4 Å². The third-order valence-corrected chi connectivity index (χ3v) is 6.97. The van der Waals surface area contributed by atoms with Gasteiger partial charge in [0.25, 0.3) is 0 Å². The van der Waals surface area contributed by atoms with Gasteiger partial charge in [0.15, 0.2) is 11.9 Å². The van der Waals surface area contributed by atoms with Crippen LogP contribution in [0.15, 0.2) is 67.1 Å². The van der Waals surface area contributed by atoms with E-state index in [4.69, 9.17) is 9.47 Å². The molecule has 1 saturated heterocycles. The number of rotatable bonds is 7. The molecule has 2 aliphatic heterocycles.